The molecule has 0 saturated carbocycles. The minimum atomic E-state index is 0. The van der Waals surface area contributed by atoms with Crippen molar-refractivity contribution in [3.8, 4) is 5.75 Å². The normalized spacial score (nSPS) is 10.9. The third-order valence-electron chi connectivity index (χ3n) is 4.36. The third kappa shape index (κ3) is 9.34. The van der Waals surface area contributed by atoms with Crippen LogP contribution in [0.15, 0.2) is 52.3 Å². The number of hydrogen-bond acceptors (Lipinski definition) is 3. The van der Waals surface area contributed by atoms with Crippen LogP contribution in [0.1, 0.15) is 31.0 Å². The standard InChI is InChI=1S/C22H32N4O2.HI/c1-4-23-22(25-15-17-28-20-12-10-18(2)11-13-20)24-14-5-6-16-26-19(3)8-7-9-21(26)27;/h7-13H,4-6,14-17H2,1-3H3,(H2,23,24,25);1H. The molecular weight excluding hydrogens is 479 g/mol. The lowest BCUT2D eigenvalue weighted by Crippen LogP contribution is -2.39. The summed E-state index contributed by atoms with van der Waals surface area (Å²) in [6.07, 6.45) is 1.85. The molecule has 1 aromatic heterocycles. The molecule has 1 aromatic carbocycles. The first kappa shape index (κ1) is 25.0. The van der Waals surface area contributed by atoms with Crippen LogP contribution >= 0.6 is 24.0 Å². The monoisotopic (exact) mass is 512 g/mol. The van der Waals surface area contributed by atoms with E-state index in [1.807, 2.05) is 48.7 Å². The highest BCUT2D eigenvalue weighted by Crippen LogP contribution is 2.10. The first-order chi connectivity index (χ1) is 13.6. The Morgan fingerprint density at radius 1 is 1.07 bits per heavy atom. The van der Waals surface area contributed by atoms with E-state index in [0.29, 0.717) is 13.2 Å². The molecule has 6 nitrogen and oxygen atoms in total. The molecule has 0 fully saturated rings. The zero-order valence-electron chi connectivity index (χ0n) is 17.6. The number of benzene rings is 1. The number of hydrogen-bond donors (Lipinski definition) is 2. The van der Waals surface area contributed by atoms with Crippen molar-refractivity contribution in [1.29, 1.82) is 0 Å². The molecule has 0 amide bonds. The Balaban J connectivity index is 0.00000420. The first-order valence-corrected chi connectivity index (χ1v) is 9.98. The molecule has 0 aliphatic carbocycles. The molecule has 29 heavy (non-hydrogen) atoms. The first-order valence-electron chi connectivity index (χ1n) is 9.98. The van der Waals surface area contributed by atoms with Crippen molar-refractivity contribution in [2.45, 2.75) is 40.2 Å². The molecule has 0 saturated heterocycles. The van der Waals surface area contributed by atoms with E-state index in [9.17, 15) is 4.79 Å². The lowest BCUT2D eigenvalue weighted by atomic mass is 10.2. The summed E-state index contributed by atoms with van der Waals surface area (Å²) in [4.78, 5) is 16.5. The van der Waals surface area contributed by atoms with Crippen LogP contribution in [0.2, 0.25) is 0 Å². The number of nitrogens with one attached hydrogen (secondary N) is 2. The van der Waals surface area contributed by atoms with Crippen molar-refractivity contribution in [3.05, 3.63) is 64.1 Å². The van der Waals surface area contributed by atoms with Crippen molar-refractivity contribution in [3.63, 3.8) is 0 Å². The van der Waals surface area contributed by atoms with Gasteiger partial charge in [-0.05, 0) is 51.8 Å². The van der Waals surface area contributed by atoms with Gasteiger partial charge in [-0.25, -0.2) is 0 Å². The number of unbranched alkanes of at least 4 members (excludes halogenated alkanes) is 1. The van der Waals surface area contributed by atoms with Crippen molar-refractivity contribution >= 4 is 29.9 Å². The fourth-order valence-electron chi connectivity index (χ4n) is 2.80. The number of aliphatic imine (C=N–C) groups is 1. The molecule has 0 radical (unpaired) electrons. The van der Waals surface area contributed by atoms with Crippen LogP contribution in [0.3, 0.4) is 0 Å². The van der Waals surface area contributed by atoms with E-state index in [1.165, 1.54) is 5.56 Å². The van der Waals surface area contributed by atoms with Crippen LogP contribution in [0.25, 0.3) is 0 Å². The second-order valence-corrected chi connectivity index (χ2v) is 6.71. The highest BCUT2D eigenvalue weighted by atomic mass is 127. The van der Waals surface area contributed by atoms with Gasteiger partial charge in [0.15, 0.2) is 5.96 Å². The number of aromatic nitrogens is 1. The summed E-state index contributed by atoms with van der Waals surface area (Å²) in [5, 5.41) is 6.53. The Hall–Kier alpha value is -2.03. The molecule has 160 valence electrons. The highest BCUT2D eigenvalue weighted by molar-refractivity contribution is 14.0. The van der Waals surface area contributed by atoms with Crippen molar-refractivity contribution in [1.82, 2.24) is 15.2 Å². The molecule has 0 aliphatic heterocycles. The summed E-state index contributed by atoms with van der Waals surface area (Å²) in [6, 6.07) is 13.4. The van der Waals surface area contributed by atoms with Crippen LogP contribution in [0, 0.1) is 13.8 Å². The molecule has 0 unspecified atom stereocenters. The maximum atomic E-state index is 11.9. The van der Waals surface area contributed by atoms with Gasteiger partial charge >= 0.3 is 0 Å². The Morgan fingerprint density at radius 2 is 1.83 bits per heavy atom. The van der Waals surface area contributed by atoms with Crippen LogP contribution in [0.4, 0.5) is 0 Å². The fraction of sp³-hybridized carbons (Fsp3) is 0.455. The minimum Gasteiger partial charge on any atom is -0.492 e. The van der Waals surface area contributed by atoms with Gasteiger partial charge in [-0.15, -0.1) is 24.0 Å². The number of aryl methyl sites for hydroxylation is 2. The van der Waals surface area contributed by atoms with Gasteiger partial charge in [-0.1, -0.05) is 23.8 Å². The molecule has 7 heteroatoms. The third-order valence-corrected chi connectivity index (χ3v) is 4.36. The van der Waals surface area contributed by atoms with Crippen molar-refractivity contribution in [2.24, 2.45) is 4.99 Å². The molecule has 0 atom stereocenters. The number of halogens is 1. The highest BCUT2D eigenvalue weighted by Gasteiger charge is 2.00. The van der Waals surface area contributed by atoms with E-state index in [2.05, 4.69) is 22.5 Å². The summed E-state index contributed by atoms with van der Waals surface area (Å²) >= 11 is 0. The number of ether oxygens (including phenoxy) is 1. The van der Waals surface area contributed by atoms with Gasteiger partial charge in [0.25, 0.3) is 5.56 Å². The van der Waals surface area contributed by atoms with Crippen LogP contribution in [-0.2, 0) is 6.54 Å². The van der Waals surface area contributed by atoms with E-state index in [1.54, 1.807) is 12.1 Å². The lowest BCUT2D eigenvalue weighted by Gasteiger charge is -2.12. The SMILES string of the molecule is CCNC(=NCCCCn1c(C)cccc1=O)NCCOc1ccc(C)cc1.I. The molecule has 0 spiro atoms. The van der Waals surface area contributed by atoms with Gasteiger partial charge in [0.2, 0.25) is 0 Å². The zero-order valence-corrected chi connectivity index (χ0v) is 19.9. The predicted molar refractivity (Wildman–Crippen MR) is 131 cm³/mol. The second-order valence-electron chi connectivity index (χ2n) is 6.71. The lowest BCUT2D eigenvalue weighted by molar-refractivity contribution is 0.322. The summed E-state index contributed by atoms with van der Waals surface area (Å²) < 4.78 is 7.54. The van der Waals surface area contributed by atoms with E-state index < -0.39 is 0 Å². The Morgan fingerprint density at radius 3 is 2.52 bits per heavy atom. The van der Waals surface area contributed by atoms with Gasteiger partial charge in [0.1, 0.15) is 12.4 Å². The number of rotatable bonds is 10. The zero-order chi connectivity index (χ0) is 20.2. The number of guanidine groups is 1. The number of nitrogens with zero attached hydrogens (tertiary/aromatic N) is 2. The predicted octanol–water partition coefficient (Wildman–Crippen LogP) is 3.50. The van der Waals surface area contributed by atoms with E-state index in [4.69, 9.17) is 4.74 Å². The largest absolute Gasteiger partial charge is 0.492 e. The summed E-state index contributed by atoms with van der Waals surface area (Å²) in [6.45, 7) is 9.58. The fourth-order valence-corrected chi connectivity index (χ4v) is 2.80. The van der Waals surface area contributed by atoms with Gasteiger partial charge < -0.3 is 19.9 Å². The van der Waals surface area contributed by atoms with Gasteiger partial charge in [-0.2, -0.15) is 0 Å². The maximum absolute atomic E-state index is 11.9. The summed E-state index contributed by atoms with van der Waals surface area (Å²) in [5.41, 5.74) is 2.28. The van der Waals surface area contributed by atoms with Gasteiger partial charge in [0, 0.05) is 31.4 Å². The topological polar surface area (TPSA) is 67.7 Å². The van der Waals surface area contributed by atoms with Crippen molar-refractivity contribution < 1.29 is 4.74 Å². The summed E-state index contributed by atoms with van der Waals surface area (Å²) in [7, 11) is 0. The average molecular weight is 512 g/mol. The maximum Gasteiger partial charge on any atom is 0.250 e. The Bertz CT molecular complexity index is 803. The molecule has 0 aliphatic rings. The molecule has 0 bridgehead atoms. The van der Waals surface area contributed by atoms with Gasteiger partial charge in [0.05, 0.1) is 6.54 Å². The van der Waals surface area contributed by atoms with Gasteiger partial charge in [-0.3, -0.25) is 9.79 Å². The number of pyridine rings is 1. The molecule has 2 N–H and O–H groups in total. The van der Waals surface area contributed by atoms with Crippen molar-refractivity contribution in [2.75, 3.05) is 26.2 Å². The smallest absolute Gasteiger partial charge is 0.250 e. The quantitative estimate of drug-likeness (QED) is 0.221. The van der Waals surface area contributed by atoms with E-state index in [-0.39, 0.29) is 29.5 Å². The van der Waals surface area contributed by atoms with Crippen LogP contribution < -0.4 is 20.9 Å². The molecule has 1 heterocycles. The van der Waals surface area contributed by atoms with E-state index >= 15 is 0 Å². The Kier molecular flexibility index (Phi) is 12.1. The second kappa shape index (κ2) is 14.0. The molecular formula is C22H33IN4O2. The molecule has 2 rings (SSSR count). The average Bonchev–Trinajstić information content (AvgIpc) is 2.68. The Labute approximate surface area is 190 Å². The minimum absolute atomic E-state index is 0. The van der Waals surface area contributed by atoms with Crippen LogP contribution in [0.5, 0.6) is 5.75 Å². The van der Waals surface area contributed by atoms with E-state index in [0.717, 1.165) is 49.9 Å². The van der Waals surface area contributed by atoms with Crippen LogP contribution in [-0.4, -0.2) is 36.8 Å². The molecule has 2 aromatic rings. The summed E-state index contributed by atoms with van der Waals surface area (Å²) in [5.74, 6) is 1.67.